The van der Waals surface area contributed by atoms with E-state index in [1.165, 1.54) is 11.1 Å². The summed E-state index contributed by atoms with van der Waals surface area (Å²) in [6, 6.07) is 8.07. The van der Waals surface area contributed by atoms with Crippen molar-refractivity contribution in [3.8, 4) is 11.3 Å². The minimum absolute atomic E-state index is 0.0434. The van der Waals surface area contributed by atoms with Crippen LogP contribution in [0.4, 0.5) is 0 Å². The zero-order chi connectivity index (χ0) is 12.6. The summed E-state index contributed by atoms with van der Waals surface area (Å²) < 4.78 is 5.65. The summed E-state index contributed by atoms with van der Waals surface area (Å²) in [5.41, 5.74) is 4.08. The molecule has 0 aliphatic rings. The van der Waals surface area contributed by atoms with Gasteiger partial charge in [0.2, 0.25) is 0 Å². The summed E-state index contributed by atoms with van der Waals surface area (Å²) in [6.45, 7) is 7.49. The fraction of sp³-hybridized carbons (Fsp3) is 0.267. The van der Waals surface area contributed by atoms with Crippen molar-refractivity contribution in [2.45, 2.75) is 27.7 Å². The van der Waals surface area contributed by atoms with Crippen LogP contribution >= 0.6 is 0 Å². The first-order valence-electron chi connectivity index (χ1n) is 5.67. The van der Waals surface area contributed by atoms with Gasteiger partial charge < -0.3 is 4.42 Å². The summed E-state index contributed by atoms with van der Waals surface area (Å²) in [5, 5.41) is 0. The number of Topliss-reactive ketones (excluding diaryl/α,β-unsaturated/α-hetero) is 1. The lowest BCUT2D eigenvalue weighted by atomic mass is 10.0. The van der Waals surface area contributed by atoms with Crippen molar-refractivity contribution in [3.05, 3.63) is 46.7 Å². The van der Waals surface area contributed by atoms with Crippen LogP contribution in [-0.4, -0.2) is 5.78 Å². The van der Waals surface area contributed by atoms with Crippen LogP contribution in [0.2, 0.25) is 0 Å². The maximum atomic E-state index is 11.4. The van der Waals surface area contributed by atoms with Crippen molar-refractivity contribution in [1.82, 2.24) is 0 Å². The van der Waals surface area contributed by atoms with E-state index < -0.39 is 0 Å². The Hall–Kier alpha value is -1.83. The zero-order valence-electron chi connectivity index (χ0n) is 10.6. The molecule has 2 rings (SSSR count). The molecule has 0 saturated carbocycles. The minimum atomic E-state index is 0.0434. The molecule has 0 saturated heterocycles. The highest BCUT2D eigenvalue weighted by Gasteiger charge is 2.12. The molecule has 0 spiro atoms. The highest BCUT2D eigenvalue weighted by Crippen LogP contribution is 2.27. The van der Waals surface area contributed by atoms with Crippen LogP contribution in [0.25, 0.3) is 11.3 Å². The first kappa shape index (κ1) is 11.6. The lowest BCUT2D eigenvalue weighted by Crippen LogP contribution is -1.90. The molecule has 0 aliphatic carbocycles. The maximum Gasteiger partial charge on any atom is 0.163 e. The van der Waals surface area contributed by atoms with E-state index in [4.69, 9.17) is 4.42 Å². The molecule has 0 N–H and O–H groups in total. The molecule has 0 unspecified atom stereocenters. The van der Waals surface area contributed by atoms with E-state index in [1.54, 1.807) is 6.92 Å². The van der Waals surface area contributed by atoms with E-state index in [9.17, 15) is 4.79 Å². The Morgan fingerprint density at radius 1 is 1.00 bits per heavy atom. The number of hydrogen-bond acceptors (Lipinski definition) is 2. The molecular formula is C15H16O2. The molecule has 1 heterocycles. The number of ketones is 1. The molecule has 0 bridgehead atoms. The van der Waals surface area contributed by atoms with Crippen molar-refractivity contribution in [3.63, 3.8) is 0 Å². The normalized spacial score (nSPS) is 10.6. The largest absolute Gasteiger partial charge is 0.461 e. The van der Waals surface area contributed by atoms with Crippen molar-refractivity contribution in [2.24, 2.45) is 0 Å². The van der Waals surface area contributed by atoms with Crippen molar-refractivity contribution in [1.29, 1.82) is 0 Å². The van der Waals surface area contributed by atoms with Gasteiger partial charge in [-0.3, -0.25) is 4.79 Å². The quantitative estimate of drug-likeness (QED) is 0.725. The Morgan fingerprint density at radius 2 is 1.59 bits per heavy atom. The Balaban J connectivity index is 2.53. The Labute approximate surface area is 101 Å². The van der Waals surface area contributed by atoms with Crippen LogP contribution in [0.3, 0.4) is 0 Å². The number of carbonyl (C=O) groups is 1. The molecule has 0 amide bonds. The van der Waals surface area contributed by atoms with E-state index in [0.717, 1.165) is 11.3 Å². The third-order valence-corrected chi connectivity index (χ3v) is 2.80. The average Bonchev–Trinajstić information content (AvgIpc) is 2.59. The first-order valence-corrected chi connectivity index (χ1v) is 5.67. The SMILES string of the molecule is CC(=O)c1cc(-c2cc(C)cc(C)c2)oc1C. The van der Waals surface area contributed by atoms with Crippen LogP contribution in [0.1, 0.15) is 34.2 Å². The van der Waals surface area contributed by atoms with Gasteiger partial charge in [0.25, 0.3) is 0 Å². The average molecular weight is 228 g/mol. The lowest BCUT2D eigenvalue weighted by Gasteiger charge is -2.01. The van der Waals surface area contributed by atoms with Crippen LogP contribution in [0, 0.1) is 20.8 Å². The summed E-state index contributed by atoms with van der Waals surface area (Å²) in [6.07, 6.45) is 0. The summed E-state index contributed by atoms with van der Waals surface area (Å²) in [5.74, 6) is 1.49. The summed E-state index contributed by atoms with van der Waals surface area (Å²) in [4.78, 5) is 11.4. The van der Waals surface area contributed by atoms with Gasteiger partial charge >= 0.3 is 0 Å². The number of hydrogen-bond donors (Lipinski definition) is 0. The fourth-order valence-electron chi connectivity index (χ4n) is 2.09. The smallest absolute Gasteiger partial charge is 0.163 e. The van der Waals surface area contributed by atoms with Gasteiger partial charge in [0, 0.05) is 5.56 Å². The molecule has 2 aromatic rings. The molecule has 1 aromatic heterocycles. The van der Waals surface area contributed by atoms with Crippen LogP contribution < -0.4 is 0 Å². The fourth-order valence-corrected chi connectivity index (χ4v) is 2.09. The Kier molecular flexibility index (Phi) is 2.88. The highest BCUT2D eigenvalue weighted by atomic mass is 16.3. The van der Waals surface area contributed by atoms with E-state index in [0.29, 0.717) is 11.3 Å². The summed E-state index contributed by atoms with van der Waals surface area (Å²) >= 11 is 0. The second-order valence-corrected chi connectivity index (χ2v) is 4.51. The number of benzene rings is 1. The molecule has 2 heteroatoms. The van der Waals surface area contributed by atoms with E-state index in [1.807, 2.05) is 13.0 Å². The first-order chi connectivity index (χ1) is 7.97. The molecule has 1 aromatic carbocycles. The Morgan fingerprint density at radius 3 is 2.06 bits per heavy atom. The van der Waals surface area contributed by atoms with E-state index >= 15 is 0 Å². The number of aryl methyl sites for hydroxylation is 3. The second-order valence-electron chi connectivity index (χ2n) is 4.51. The standard InChI is InChI=1S/C15H16O2/c1-9-5-10(2)7-13(6-9)15-8-14(11(3)16)12(4)17-15/h5-8H,1-4H3. The third kappa shape index (κ3) is 2.31. The molecule has 2 nitrogen and oxygen atoms in total. The predicted octanol–water partition coefficient (Wildman–Crippen LogP) is 4.07. The van der Waals surface area contributed by atoms with Crippen molar-refractivity contribution in [2.75, 3.05) is 0 Å². The minimum Gasteiger partial charge on any atom is -0.461 e. The molecule has 0 radical (unpaired) electrons. The van der Waals surface area contributed by atoms with E-state index in [-0.39, 0.29) is 5.78 Å². The zero-order valence-corrected chi connectivity index (χ0v) is 10.6. The predicted molar refractivity (Wildman–Crippen MR) is 68.4 cm³/mol. The van der Waals surface area contributed by atoms with Gasteiger partial charge in [-0.15, -0.1) is 0 Å². The Bertz CT molecular complexity index is 556. The van der Waals surface area contributed by atoms with Crippen molar-refractivity contribution >= 4 is 5.78 Å². The number of furan rings is 1. The van der Waals surface area contributed by atoms with Crippen molar-refractivity contribution < 1.29 is 9.21 Å². The van der Waals surface area contributed by atoms with Gasteiger partial charge in [0.15, 0.2) is 5.78 Å². The van der Waals surface area contributed by atoms with Gasteiger partial charge in [0.05, 0.1) is 5.56 Å². The highest BCUT2D eigenvalue weighted by molar-refractivity contribution is 5.96. The molecule has 0 fully saturated rings. The van der Waals surface area contributed by atoms with Gasteiger partial charge in [-0.1, -0.05) is 17.2 Å². The third-order valence-electron chi connectivity index (χ3n) is 2.80. The van der Waals surface area contributed by atoms with Crippen LogP contribution in [0.15, 0.2) is 28.7 Å². The summed E-state index contributed by atoms with van der Waals surface area (Å²) in [7, 11) is 0. The van der Waals surface area contributed by atoms with Gasteiger partial charge in [0.1, 0.15) is 11.5 Å². The lowest BCUT2D eigenvalue weighted by molar-refractivity contribution is 0.101. The van der Waals surface area contributed by atoms with Gasteiger partial charge in [-0.25, -0.2) is 0 Å². The molecule has 88 valence electrons. The number of carbonyl (C=O) groups excluding carboxylic acids is 1. The topological polar surface area (TPSA) is 30.2 Å². The monoisotopic (exact) mass is 228 g/mol. The molecule has 0 aliphatic heterocycles. The number of rotatable bonds is 2. The molecule has 17 heavy (non-hydrogen) atoms. The molecular weight excluding hydrogens is 212 g/mol. The van der Waals surface area contributed by atoms with E-state index in [2.05, 4.69) is 32.0 Å². The van der Waals surface area contributed by atoms with Crippen LogP contribution in [0.5, 0.6) is 0 Å². The molecule has 0 atom stereocenters. The second kappa shape index (κ2) is 4.21. The van der Waals surface area contributed by atoms with Gasteiger partial charge in [-0.05, 0) is 45.9 Å². The van der Waals surface area contributed by atoms with Gasteiger partial charge in [-0.2, -0.15) is 0 Å². The van der Waals surface area contributed by atoms with Crippen LogP contribution in [-0.2, 0) is 0 Å². The maximum absolute atomic E-state index is 11.4.